The van der Waals surface area contributed by atoms with E-state index in [-0.39, 0.29) is 17.0 Å². The van der Waals surface area contributed by atoms with Crippen molar-refractivity contribution in [2.75, 3.05) is 27.7 Å². The second-order valence-corrected chi connectivity index (χ2v) is 8.22. The molecular formula is C19H22N4O5S. The van der Waals surface area contributed by atoms with Crippen molar-refractivity contribution >= 4 is 28.1 Å². The minimum atomic E-state index is -3.57. The SMILES string of the molecule is COc1cccc(/C=N/NC(=O)CNC(=O)c2ccc(S(=O)(=O)N(C)C)cc2)c1. The fraction of sp³-hybridized carbons (Fsp3) is 0.211. The zero-order chi connectivity index (χ0) is 21.4. The van der Waals surface area contributed by atoms with Crippen LogP contribution >= 0.6 is 0 Å². The number of hydrogen-bond acceptors (Lipinski definition) is 6. The minimum absolute atomic E-state index is 0.0728. The Balaban J connectivity index is 1.86. The number of hydrogen-bond donors (Lipinski definition) is 2. The van der Waals surface area contributed by atoms with Crippen LogP contribution < -0.4 is 15.5 Å². The van der Waals surface area contributed by atoms with Gasteiger partial charge < -0.3 is 10.1 Å². The Morgan fingerprint density at radius 2 is 1.83 bits per heavy atom. The summed E-state index contributed by atoms with van der Waals surface area (Å²) in [6, 6.07) is 12.5. The molecule has 2 rings (SSSR count). The predicted octanol–water partition coefficient (Wildman–Crippen LogP) is 0.826. The van der Waals surface area contributed by atoms with Gasteiger partial charge in [0.25, 0.3) is 11.8 Å². The summed E-state index contributed by atoms with van der Waals surface area (Å²) in [5.74, 6) is -0.355. The van der Waals surface area contributed by atoms with E-state index in [0.717, 1.165) is 9.87 Å². The Hall–Kier alpha value is -3.24. The van der Waals surface area contributed by atoms with Crippen LogP contribution in [0.5, 0.6) is 5.75 Å². The Bertz CT molecular complexity index is 1000. The minimum Gasteiger partial charge on any atom is -0.497 e. The number of methoxy groups -OCH3 is 1. The first kappa shape index (κ1) is 22.1. The van der Waals surface area contributed by atoms with Crippen LogP contribution in [0.15, 0.2) is 58.5 Å². The van der Waals surface area contributed by atoms with Crippen molar-refractivity contribution in [3.63, 3.8) is 0 Å². The van der Waals surface area contributed by atoms with E-state index in [1.165, 1.54) is 44.6 Å². The highest BCUT2D eigenvalue weighted by Crippen LogP contribution is 2.14. The van der Waals surface area contributed by atoms with Gasteiger partial charge in [-0.05, 0) is 42.0 Å². The van der Waals surface area contributed by atoms with E-state index in [9.17, 15) is 18.0 Å². The second-order valence-electron chi connectivity index (χ2n) is 6.06. The normalized spacial score (nSPS) is 11.4. The van der Waals surface area contributed by atoms with Gasteiger partial charge in [-0.25, -0.2) is 18.1 Å². The number of nitrogens with one attached hydrogen (secondary N) is 2. The molecule has 0 aliphatic rings. The van der Waals surface area contributed by atoms with Crippen LogP contribution in [0.2, 0.25) is 0 Å². The molecule has 0 fully saturated rings. The van der Waals surface area contributed by atoms with Crippen LogP contribution in [0.4, 0.5) is 0 Å². The van der Waals surface area contributed by atoms with Crippen molar-refractivity contribution in [3.8, 4) is 5.75 Å². The first-order valence-electron chi connectivity index (χ1n) is 8.51. The molecule has 0 aromatic heterocycles. The van der Waals surface area contributed by atoms with Crippen LogP contribution in [0.25, 0.3) is 0 Å². The third kappa shape index (κ3) is 6.13. The maximum absolute atomic E-state index is 12.1. The number of sulfonamides is 1. The van der Waals surface area contributed by atoms with Gasteiger partial charge in [0.15, 0.2) is 0 Å². The number of carbonyl (C=O) groups excluding carboxylic acids is 2. The lowest BCUT2D eigenvalue weighted by atomic mass is 10.2. The summed E-state index contributed by atoms with van der Waals surface area (Å²) in [6.07, 6.45) is 1.45. The number of ether oxygens (including phenoxy) is 1. The van der Waals surface area contributed by atoms with E-state index < -0.39 is 21.8 Å². The number of carbonyl (C=O) groups is 2. The zero-order valence-electron chi connectivity index (χ0n) is 16.2. The molecule has 0 heterocycles. The van der Waals surface area contributed by atoms with Gasteiger partial charge in [-0.3, -0.25) is 9.59 Å². The fourth-order valence-corrected chi connectivity index (χ4v) is 3.09. The van der Waals surface area contributed by atoms with Gasteiger partial charge >= 0.3 is 0 Å². The van der Waals surface area contributed by atoms with Crippen LogP contribution in [0.1, 0.15) is 15.9 Å². The van der Waals surface area contributed by atoms with Crippen molar-refractivity contribution in [2.24, 2.45) is 5.10 Å². The van der Waals surface area contributed by atoms with Crippen molar-refractivity contribution < 1.29 is 22.7 Å². The lowest BCUT2D eigenvalue weighted by Crippen LogP contribution is -2.34. The van der Waals surface area contributed by atoms with E-state index >= 15 is 0 Å². The molecule has 0 unspecified atom stereocenters. The van der Waals surface area contributed by atoms with Gasteiger partial charge in [0, 0.05) is 19.7 Å². The number of rotatable bonds is 8. The molecule has 0 aliphatic heterocycles. The van der Waals surface area contributed by atoms with Gasteiger partial charge in [-0.15, -0.1) is 0 Å². The summed E-state index contributed by atoms with van der Waals surface area (Å²) >= 11 is 0. The molecule has 154 valence electrons. The van der Waals surface area contributed by atoms with E-state index in [2.05, 4.69) is 15.8 Å². The maximum atomic E-state index is 12.1. The first-order valence-corrected chi connectivity index (χ1v) is 9.95. The molecule has 0 bridgehead atoms. The Kier molecular flexibility index (Phi) is 7.46. The summed E-state index contributed by atoms with van der Waals surface area (Å²) in [5, 5.41) is 6.26. The topological polar surface area (TPSA) is 117 Å². The largest absolute Gasteiger partial charge is 0.497 e. The van der Waals surface area contributed by atoms with Crippen LogP contribution in [-0.2, 0) is 14.8 Å². The molecule has 2 aromatic rings. The molecule has 0 saturated carbocycles. The Morgan fingerprint density at radius 3 is 2.45 bits per heavy atom. The highest BCUT2D eigenvalue weighted by Gasteiger charge is 2.17. The van der Waals surface area contributed by atoms with Crippen LogP contribution in [0.3, 0.4) is 0 Å². The van der Waals surface area contributed by atoms with Gasteiger partial charge in [-0.2, -0.15) is 5.10 Å². The number of benzene rings is 2. The molecule has 0 saturated heterocycles. The molecule has 0 spiro atoms. The van der Waals surface area contributed by atoms with Gasteiger partial charge in [0.05, 0.1) is 24.8 Å². The monoisotopic (exact) mass is 418 g/mol. The molecule has 0 aliphatic carbocycles. The van der Waals surface area contributed by atoms with E-state index in [1.54, 1.807) is 31.4 Å². The van der Waals surface area contributed by atoms with E-state index in [1.807, 2.05) is 0 Å². The molecule has 2 amide bonds. The quantitative estimate of drug-likeness (QED) is 0.486. The Labute approximate surface area is 169 Å². The average Bonchev–Trinajstić information content (AvgIpc) is 2.72. The molecule has 0 radical (unpaired) electrons. The van der Waals surface area contributed by atoms with Crippen LogP contribution in [0, 0.1) is 0 Å². The third-order valence-electron chi connectivity index (χ3n) is 3.80. The summed E-state index contributed by atoms with van der Waals surface area (Å²) in [4.78, 5) is 24.0. The summed E-state index contributed by atoms with van der Waals surface area (Å²) in [6.45, 7) is -0.286. The molecule has 0 atom stereocenters. The standard InChI is InChI=1S/C19H22N4O5S/c1-23(2)29(26,27)17-9-7-15(8-10-17)19(25)20-13-18(24)22-21-12-14-5-4-6-16(11-14)28-3/h4-12H,13H2,1-3H3,(H,20,25)(H,22,24)/b21-12+. The highest BCUT2D eigenvalue weighted by molar-refractivity contribution is 7.89. The first-order chi connectivity index (χ1) is 13.7. The lowest BCUT2D eigenvalue weighted by molar-refractivity contribution is -0.120. The molecule has 2 N–H and O–H groups in total. The number of amides is 2. The molecular weight excluding hydrogens is 396 g/mol. The lowest BCUT2D eigenvalue weighted by Gasteiger charge is -2.11. The average molecular weight is 418 g/mol. The number of hydrazone groups is 1. The molecule has 29 heavy (non-hydrogen) atoms. The third-order valence-corrected chi connectivity index (χ3v) is 5.63. The Morgan fingerprint density at radius 1 is 1.14 bits per heavy atom. The maximum Gasteiger partial charge on any atom is 0.259 e. The molecule has 10 heteroatoms. The zero-order valence-corrected chi connectivity index (χ0v) is 17.1. The fourth-order valence-electron chi connectivity index (χ4n) is 2.19. The molecule has 2 aromatic carbocycles. The predicted molar refractivity (Wildman–Crippen MR) is 108 cm³/mol. The summed E-state index contributed by atoms with van der Waals surface area (Å²) < 4.78 is 30.2. The van der Waals surface area contributed by atoms with Gasteiger partial charge in [0.1, 0.15) is 5.75 Å². The second kappa shape index (κ2) is 9.80. The highest BCUT2D eigenvalue weighted by atomic mass is 32.2. The van der Waals surface area contributed by atoms with Gasteiger partial charge in [0.2, 0.25) is 10.0 Å². The van der Waals surface area contributed by atoms with Crippen molar-refractivity contribution in [3.05, 3.63) is 59.7 Å². The van der Waals surface area contributed by atoms with Crippen molar-refractivity contribution in [1.29, 1.82) is 0 Å². The summed E-state index contributed by atoms with van der Waals surface area (Å²) in [7, 11) is 0.826. The van der Waals surface area contributed by atoms with Crippen LogP contribution in [-0.4, -0.2) is 58.5 Å². The smallest absolute Gasteiger partial charge is 0.259 e. The van der Waals surface area contributed by atoms with Crippen molar-refractivity contribution in [1.82, 2.24) is 15.0 Å². The molecule has 9 nitrogen and oxygen atoms in total. The number of nitrogens with zero attached hydrogens (tertiary/aromatic N) is 2. The van der Waals surface area contributed by atoms with Crippen molar-refractivity contribution in [2.45, 2.75) is 4.90 Å². The summed E-state index contributed by atoms with van der Waals surface area (Å²) in [5.41, 5.74) is 3.28. The van der Waals surface area contributed by atoms with Gasteiger partial charge in [-0.1, -0.05) is 12.1 Å². The van der Waals surface area contributed by atoms with E-state index in [4.69, 9.17) is 4.74 Å². The van der Waals surface area contributed by atoms with E-state index in [0.29, 0.717) is 5.75 Å².